The molecule has 70 valence electrons. The third-order valence-corrected chi connectivity index (χ3v) is 3.38. The lowest BCUT2D eigenvalue weighted by molar-refractivity contribution is 0.0845. The molecule has 0 aromatic heterocycles. The molecule has 0 aromatic rings. The molecule has 12 heavy (non-hydrogen) atoms. The Hall–Kier alpha value is -0.0800. The third-order valence-electron chi connectivity index (χ3n) is 3.38. The van der Waals surface area contributed by atoms with Crippen LogP contribution in [0.5, 0.6) is 0 Å². The van der Waals surface area contributed by atoms with Crippen molar-refractivity contribution >= 4 is 0 Å². The van der Waals surface area contributed by atoms with Gasteiger partial charge in [0.2, 0.25) is 0 Å². The van der Waals surface area contributed by atoms with Gasteiger partial charge in [-0.2, -0.15) is 0 Å². The van der Waals surface area contributed by atoms with E-state index in [2.05, 4.69) is 12.2 Å². The van der Waals surface area contributed by atoms with Gasteiger partial charge in [-0.15, -0.1) is 0 Å². The van der Waals surface area contributed by atoms with E-state index >= 15 is 0 Å². The second-order valence-electron chi connectivity index (χ2n) is 4.13. The summed E-state index contributed by atoms with van der Waals surface area (Å²) in [6, 6.07) is 0. The maximum atomic E-state index is 5.59. The van der Waals surface area contributed by atoms with Crippen molar-refractivity contribution in [3.63, 3.8) is 0 Å². The standard InChI is InChI=1S/C10H19NO/c1-8-10(4-6-12-8)9-3-2-5-11-7-9/h8-11H,2-7H2,1H3. The summed E-state index contributed by atoms with van der Waals surface area (Å²) in [5.41, 5.74) is 0. The summed E-state index contributed by atoms with van der Waals surface area (Å²) >= 11 is 0. The Morgan fingerprint density at radius 2 is 2.25 bits per heavy atom. The number of nitrogens with one attached hydrogen (secondary N) is 1. The van der Waals surface area contributed by atoms with Crippen LogP contribution in [0, 0.1) is 11.8 Å². The van der Waals surface area contributed by atoms with Gasteiger partial charge in [-0.1, -0.05) is 0 Å². The summed E-state index contributed by atoms with van der Waals surface area (Å²) < 4.78 is 5.59. The van der Waals surface area contributed by atoms with Crippen LogP contribution in [0.25, 0.3) is 0 Å². The van der Waals surface area contributed by atoms with E-state index in [0.717, 1.165) is 18.4 Å². The van der Waals surface area contributed by atoms with Crippen LogP contribution in [-0.2, 0) is 4.74 Å². The summed E-state index contributed by atoms with van der Waals surface area (Å²) in [6.07, 6.45) is 4.56. The van der Waals surface area contributed by atoms with Crippen molar-refractivity contribution in [2.24, 2.45) is 11.8 Å². The summed E-state index contributed by atoms with van der Waals surface area (Å²) in [5, 5.41) is 3.48. The third kappa shape index (κ3) is 1.64. The van der Waals surface area contributed by atoms with Gasteiger partial charge in [0.15, 0.2) is 0 Å². The van der Waals surface area contributed by atoms with Crippen LogP contribution in [0.2, 0.25) is 0 Å². The van der Waals surface area contributed by atoms with Gasteiger partial charge in [0.05, 0.1) is 6.10 Å². The zero-order chi connectivity index (χ0) is 8.39. The molecule has 2 heteroatoms. The van der Waals surface area contributed by atoms with E-state index in [9.17, 15) is 0 Å². The van der Waals surface area contributed by atoms with Gasteiger partial charge < -0.3 is 10.1 Å². The monoisotopic (exact) mass is 169 g/mol. The molecule has 0 spiro atoms. The first-order chi connectivity index (χ1) is 5.88. The van der Waals surface area contributed by atoms with Crippen LogP contribution in [0.1, 0.15) is 26.2 Å². The number of rotatable bonds is 1. The summed E-state index contributed by atoms with van der Waals surface area (Å²) in [5.74, 6) is 1.72. The molecule has 2 nitrogen and oxygen atoms in total. The maximum Gasteiger partial charge on any atom is 0.0579 e. The average molecular weight is 169 g/mol. The smallest absolute Gasteiger partial charge is 0.0579 e. The number of piperidine rings is 1. The average Bonchev–Trinajstić information content (AvgIpc) is 2.53. The Morgan fingerprint density at radius 1 is 1.33 bits per heavy atom. The Morgan fingerprint density at radius 3 is 2.83 bits per heavy atom. The SMILES string of the molecule is CC1OCCC1C1CCCNC1. The van der Waals surface area contributed by atoms with Crippen molar-refractivity contribution in [1.82, 2.24) is 5.32 Å². The molecule has 0 aliphatic carbocycles. The van der Waals surface area contributed by atoms with Gasteiger partial charge in [-0.25, -0.2) is 0 Å². The lowest BCUT2D eigenvalue weighted by Gasteiger charge is -2.29. The zero-order valence-electron chi connectivity index (χ0n) is 7.88. The van der Waals surface area contributed by atoms with E-state index in [0.29, 0.717) is 6.10 Å². The quantitative estimate of drug-likeness (QED) is 0.641. The van der Waals surface area contributed by atoms with Gasteiger partial charge in [0.1, 0.15) is 0 Å². The van der Waals surface area contributed by atoms with Gasteiger partial charge in [-0.3, -0.25) is 0 Å². The number of hydrogen-bond acceptors (Lipinski definition) is 2. The second-order valence-corrected chi connectivity index (χ2v) is 4.13. The molecule has 0 bridgehead atoms. The molecule has 0 aromatic carbocycles. The molecule has 3 atom stereocenters. The fraction of sp³-hybridized carbons (Fsp3) is 1.00. The molecule has 2 heterocycles. The predicted molar refractivity (Wildman–Crippen MR) is 49.1 cm³/mol. The molecule has 2 rings (SSSR count). The molecule has 2 fully saturated rings. The van der Waals surface area contributed by atoms with Crippen molar-refractivity contribution in [2.75, 3.05) is 19.7 Å². The number of ether oxygens (including phenoxy) is 1. The van der Waals surface area contributed by atoms with Crippen LogP contribution in [-0.4, -0.2) is 25.8 Å². The van der Waals surface area contributed by atoms with E-state index in [-0.39, 0.29) is 0 Å². The second kappa shape index (κ2) is 3.75. The molecule has 3 unspecified atom stereocenters. The highest BCUT2D eigenvalue weighted by Gasteiger charge is 2.32. The molecule has 0 radical (unpaired) electrons. The fourth-order valence-electron chi connectivity index (χ4n) is 2.61. The predicted octanol–water partition coefficient (Wildman–Crippen LogP) is 1.41. The van der Waals surface area contributed by atoms with E-state index in [1.54, 1.807) is 0 Å². The lowest BCUT2D eigenvalue weighted by atomic mass is 9.82. The van der Waals surface area contributed by atoms with Gasteiger partial charge in [0.25, 0.3) is 0 Å². The zero-order valence-corrected chi connectivity index (χ0v) is 7.88. The largest absolute Gasteiger partial charge is 0.378 e. The molecule has 0 saturated carbocycles. The topological polar surface area (TPSA) is 21.3 Å². The van der Waals surface area contributed by atoms with E-state index in [4.69, 9.17) is 4.74 Å². The Balaban J connectivity index is 1.89. The minimum Gasteiger partial charge on any atom is -0.378 e. The highest BCUT2D eigenvalue weighted by atomic mass is 16.5. The first kappa shape index (κ1) is 8.52. The molecule has 0 amide bonds. The van der Waals surface area contributed by atoms with Crippen LogP contribution < -0.4 is 5.32 Å². The van der Waals surface area contributed by atoms with Gasteiger partial charge in [-0.05, 0) is 51.1 Å². The molecule has 2 aliphatic heterocycles. The molecular formula is C10H19NO. The first-order valence-electron chi connectivity index (χ1n) is 5.20. The Kier molecular flexibility index (Phi) is 2.66. The van der Waals surface area contributed by atoms with Crippen molar-refractivity contribution in [1.29, 1.82) is 0 Å². The van der Waals surface area contributed by atoms with E-state index in [1.165, 1.54) is 32.4 Å². The highest BCUT2D eigenvalue weighted by Crippen LogP contribution is 2.31. The Bertz CT molecular complexity index is 143. The Labute approximate surface area is 74.7 Å². The summed E-state index contributed by atoms with van der Waals surface area (Å²) in [7, 11) is 0. The van der Waals surface area contributed by atoms with Crippen LogP contribution in [0.15, 0.2) is 0 Å². The van der Waals surface area contributed by atoms with Crippen LogP contribution in [0.3, 0.4) is 0 Å². The molecule has 2 aliphatic rings. The fourth-order valence-corrected chi connectivity index (χ4v) is 2.61. The van der Waals surface area contributed by atoms with Crippen LogP contribution in [0.4, 0.5) is 0 Å². The lowest BCUT2D eigenvalue weighted by Crippen LogP contribution is -2.36. The van der Waals surface area contributed by atoms with Crippen molar-refractivity contribution in [2.45, 2.75) is 32.3 Å². The van der Waals surface area contributed by atoms with E-state index < -0.39 is 0 Å². The van der Waals surface area contributed by atoms with Crippen molar-refractivity contribution in [3.05, 3.63) is 0 Å². The van der Waals surface area contributed by atoms with Crippen molar-refractivity contribution in [3.8, 4) is 0 Å². The normalized spacial score (nSPS) is 43.2. The molecule has 2 saturated heterocycles. The minimum atomic E-state index is 0.509. The van der Waals surface area contributed by atoms with E-state index in [1.807, 2.05) is 0 Å². The molecule has 1 N–H and O–H groups in total. The summed E-state index contributed by atoms with van der Waals surface area (Å²) in [6.45, 7) is 5.66. The summed E-state index contributed by atoms with van der Waals surface area (Å²) in [4.78, 5) is 0. The highest BCUT2D eigenvalue weighted by molar-refractivity contribution is 4.83. The molecular weight excluding hydrogens is 150 g/mol. The first-order valence-corrected chi connectivity index (χ1v) is 5.20. The van der Waals surface area contributed by atoms with Crippen LogP contribution >= 0.6 is 0 Å². The van der Waals surface area contributed by atoms with Crippen molar-refractivity contribution < 1.29 is 4.74 Å². The number of hydrogen-bond donors (Lipinski definition) is 1. The minimum absolute atomic E-state index is 0.509. The van der Waals surface area contributed by atoms with Gasteiger partial charge >= 0.3 is 0 Å². The van der Waals surface area contributed by atoms with Gasteiger partial charge in [0, 0.05) is 6.61 Å². The maximum absolute atomic E-state index is 5.59.